The maximum atomic E-state index is 12.3. The third kappa shape index (κ3) is 3.48. The molecular formula is C17H18N4O2. The molecule has 1 amide bonds. The molecule has 0 aliphatic heterocycles. The Balaban J connectivity index is 1.60. The van der Waals surface area contributed by atoms with Crippen molar-refractivity contribution in [2.24, 2.45) is 0 Å². The van der Waals surface area contributed by atoms with Gasteiger partial charge in [0, 0.05) is 12.4 Å². The quantitative estimate of drug-likeness (QED) is 0.784. The molecule has 3 rings (SSSR count). The van der Waals surface area contributed by atoms with E-state index in [4.69, 9.17) is 4.74 Å². The molecule has 0 bridgehead atoms. The van der Waals surface area contributed by atoms with E-state index in [2.05, 4.69) is 15.4 Å². The molecule has 0 radical (unpaired) electrons. The van der Waals surface area contributed by atoms with E-state index < -0.39 is 0 Å². The minimum Gasteiger partial charge on any atom is -0.491 e. The topological polar surface area (TPSA) is 68.5 Å². The van der Waals surface area contributed by atoms with Crippen molar-refractivity contribution in [2.75, 3.05) is 6.61 Å². The molecule has 2 aromatic heterocycles. The lowest BCUT2D eigenvalue weighted by Crippen LogP contribution is -2.36. The SMILES string of the molecule is Cc1ccc(OCC(C)NC(=O)c2cnn3cccnc23)cc1. The number of aryl methyl sites for hydroxylation is 1. The van der Waals surface area contributed by atoms with Crippen LogP contribution in [0.25, 0.3) is 5.65 Å². The zero-order chi connectivity index (χ0) is 16.2. The number of carbonyl (C=O) groups excluding carboxylic acids is 1. The average Bonchev–Trinajstić information content (AvgIpc) is 2.98. The first-order valence-corrected chi connectivity index (χ1v) is 7.42. The Bertz CT molecular complexity index is 811. The maximum absolute atomic E-state index is 12.3. The normalized spacial score (nSPS) is 12.1. The van der Waals surface area contributed by atoms with Crippen molar-refractivity contribution >= 4 is 11.6 Å². The summed E-state index contributed by atoms with van der Waals surface area (Å²) < 4.78 is 7.25. The highest BCUT2D eigenvalue weighted by Crippen LogP contribution is 2.12. The van der Waals surface area contributed by atoms with Crippen molar-refractivity contribution in [2.45, 2.75) is 19.9 Å². The Hall–Kier alpha value is -2.89. The van der Waals surface area contributed by atoms with Crippen LogP contribution in [0.4, 0.5) is 0 Å². The first-order valence-electron chi connectivity index (χ1n) is 7.42. The Morgan fingerprint density at radius 2 is 2.13 bits per heavy atom. The average molecular weight is 310 g/mol. The van der Waals surface area contributed by atoms with Crippen LogP contribution in [-0.2, 0) is 0 Å². The Kier molecular flexibility index (Phi) is 4.23. The van der Waals surface area contributed by atoms with E-state index in [1.165, 1.54) is 11.8 Å². The molecule has 0 aliphatic rings. The highest BCUT2D eigenvalue weighted by atomic mass is 16.5. The van der Waals surface area contributed by atoms with Gasteiger partial charge in [0.1, 0.15) is 17.9 Å². The van der Waals surface area contributed by atoms with Gasteiger partial charge in [-0.25, -0.2) is 9.50 Å². The second-order valence-electron chi connectivity index (χ2n) is 5.44. The third-order valence-corrected chi connectivity index (χ3v) is 3.42. The minimum atomic E-state index is -0.210. The first kappa shape index (κ1) is 15.0. The molecule has 6 heteroatoms. The van der Waals surface area contributed by atoms with Crippen molar-refractivity contribution in [3.8, 4) is 5.75 Å². The molecule has 6 nitrogen and oxygen atoms in total. The van der Waals surface area contributed by atoms with Crippen LogP contribution in [0, 0.1) is 6.92 Å². The number of amides is 1. The number of hydrogen-bond donors (Lipinski definition) is 1. The number of nitrogens with one attached hydrogen (secondary N) is 1. The Labute approximate surface area is 134 Å². The molecule has 0 saturated carbocycles. The number of aromatic nitrogens is 3. The molecule has 1 N–H and O–H groups in total. The summed E-state index contributed by atoms with van der Waals surface area (Å²) in [4.78, 5) is 16.5. The molecule has 23 heavy (non-hydrogen) atoms. The van der Waals surface area contributed by atoms with Crippen molar-refractivity contribution in [3.63, 3.8) is 0 Å². The van der Waals surface area contributed by atoms with E-state index >= 15 is 0 Å². The second-order valence-corrected chi connectivity index (χ2v) is 5.44. The smallest absolute Gasteiger partial charge is 0.257 e. The molecule has 0 aliphatic carbocycles. The van der Waals surface area contributed by atoms with Crippen LogP contribution in [0.1, 0.15) is 22.8 Å². The fourth-order valence-electron chi connectivity index (χ4n) is 2.19. The molecule has 0 spiro atoms. The van der Waals surface area contributed by atoms with E-state index in [0.29, 0.717) is 17.8 Å². The first-order chi connectivity index (χ1) is 11.1. The van der Waals surface area contributed by atoms with Gasteiger partial charge in [0.25, 0.3) is 5.91 Å². The summed E-state index contributed by atoms with van der Waals surface area (Å²) in [6, 6.07) is 9.44. The lowest BCUT2D eigenvalue weighted by molar-refractivity contribution is 0.0928. The largest absolute Gasteiger partial charge is 0.491 e. The fourth-order valence-corrected chi connectivity index (χ4v) is 2.19. The predicted octanol–water partition coefficient (Wildman–Crippen LogP) is 2.24. The Morgan fingerprint density at radius 1 is 1.35 bits per heavy atom. The number of ether oxygens (including phenoxy) is 1. The number of rotatable bonds is 5. The maximum Gasteiger partial charge on any atom is 0.257 e. The number of carbonyl (C=O) groups is 1. The third-order valence-electron chi connectivity index (χ3n) is 3.42. The number of fused-ring (bicyclic) bond motifs is 1. The highest BCUT2D eigenvalue weighted by Gasteiger charge is 2.16. The summed E-state index contributed by atoms with van der Waals surface area (Å²) in [6.45, 7) is 4.31. The van der Waals surface area contributed by atoms with Gasteiger partial charge >= 0.3 is 0 Å². The molecule has 118 valence electrons. The molecule has 0 saturated heterocycles. The van der Waals surface area contributed by atoms with Gasteiger partial charge in [-0.3, -0.25) is 4.79 Å². The van der Waals surface area contributed by atoms with Gasteiger partial charge in [0.15, 0.2) is 5.65 Å². The number of nitrogens with zero attached hydrogens (tertiary/aromatic N) is 3. The van der Waals surface area contributed by atoms with E-state index in [0.717, 1.165) is 5.75 Å². The van der Waals surface area contributed by atoms with Crippen molar-refractivity contribution in [3.05, 3.63) is 60.0 Å². The Morgan fingerprint density at radius 3 is 2.91 bits per heavy atom. The summed E-state index contributed by atoms with van der Waals surface area (Å²) in [5.41, 5.74) is 2.17. The summed E-state index contributed by atoms with van der Waals surface area (Å²) in [5.74, 6) is 0.577. The fraction of sp³-hybridized carbons (Fsp3) is 0.235. The second kappa shape index (κ2) is 6.48. The molecule has 1 aromatic carbocycles. The monoisotopic (exact) mass is 310 g/mol. The molecule has 0 fully saturated rings. The van der Waals surface area contributed by atoms with Crippen LogP contribution < -0.4 is 10.1 Å². The van der Waals surface area contributed by atoms with Crippen molar-refractivity contribution in [1.29, 1.82) is 0 Å². The number of hydrogen-bond acceptors (Lipinski definition) is 4. The van der Waals surface area contributed by atoms with Gasteiger partial charge in [-0.1, -0.05) is 17.7 Å². The van der Waals surface area contributed by atoms with Crippen LogP contribution in [0.5, 0.6) is 5.75 Å². The molecular weight excluding hydrogens is 292 g/mol. The summed E-state index contributed by atoms with van der Waals surface area (Å²) in [5, 5.41) is 7.01. The molecule has 3 aromatic rings. The van der Waals surface area contributed by atoms with Crippen LogP contribution in [0.15, 0.2) is 48.9 Å². The minimum absolute atomic E-state index is 0.137. The van der Waals surface area contributed by atoms with Gasteiger partial charge in [0.05, 0.1) is 12.2 Å². The van der Waals surface area contributed by atoms with Crippen molar-refractivity contribution in [1.82, 2.24) is 19.9 Å². The van der Waals surface area contributed by atoms with E-state index in [9.17, 15) is 4.79 Å². The lowest BCUT2D eigenvalue weighted by atomic mass is 10.2. The van der Waals surface area contributed by atoms with Gasteiger partial charge in [-0.2, -0.15) is 5.10 Å². The van der Waals surface area contributed by atoms with Crippen LogP contribution in [-0.4, -0.2) is 33.2 Å². The highest BCUT2D eigenvalue weighted by molar-refractivity contribution is 5.99. The van der Waals surface area contributed by atoms with Gasteiger partial charge in [-0.15, -0.1) is 0 Å². The van der Waals surface area contributed by atoms with Crippen LogP contribution in [0.3, 0.4) is 0 Å². The summed E-state index contributed by atoms with van der Waals surface area (Å²) in [6.07, 6.45) is 4.91. The lowest BCUT2D eigenvalue weighted by Gasteiger charge is -2.14. The molecule has 1 unspecified atom stereocenters. The summed E-state index contributed by atoms with van der Waals surface area (Å²) >= 11 is 0. The summed E-state index contributed by atoms with van der Waals surface area (Å²) in [7, 11) is 0. The van der Waals surface area contributed by atoms with Gasteiger partial charge in [-0.05, 0) is 32.0 Å². The van der Waals surface area contributed by atoms with Gasteiger partial charge < -0.3 is 10.1 Å². The zero-order valence-electron chi connectivity index (χ0n) is 13.1. The van der Waals surface area contributed by atoms with E-state index in [-0.39, 0.29) is 11.9 Å². The van der Waals surface area contributed by atoms with E-state index in [1.54, 1.807) is 23.0 Å². The number of benzene rings is 1. The van der Waals surface area contributed by atoms with Crippen molar-refractivity contribution < 1.29 is 9.53 Å². The predicted molar refractivity (Wildman–Crippen MR) is 86.6 cm³/mol. The van der Waals surface area contributed by atoms with Gasteiger partial charge in [0.2, 0.25) is 0 Å². The van der Waals surface area contributed by atoms with E-state index in [1.807, 2.05) is 38.1 Å². The van der Waals surface area contributed by atoms with Crippen LogP contribution >= 0.6 is 0 Å². The zero-order valence-corrected chi connectivity index (χ0v) is 13.1. The van der Waals surface area contributed by atoms with Crippen LogP contribution in [0.2, 0.25) is 0 Å². The standard InChI is InChI=1S/C17H18N4O2/c1-12-4-6-14(7-5-12)23-11-13(2)20-17(22)15-10-19-21-9-3-8-18-16(15)21/h3-10,13H,11H2,1-2H3,(H,20,22). The molecule has 2 heterocycles. The molecule has 1 atom stereocenters.